The third kappa shape index (κ3) is 1.76. The van der Waals surface area contributed by atoms with Crippen LogP contribution in [-0.4, -0.2) is 19.9 Å². The molecule has 3 aromatic rings. The third-order valence-corrected chi connectivity index (χ3v) is 2.56. The third-order valence-electron chi connectivity index (χ3n) is 2.56. The predicted molar refractivity (Wildman–Crippen MR) is 65.0 cm³/mol. The number of hydrogen-bond donors (Lipinski definition) is 2. The van der Waals surface area contributed by atoms with Gasteiger partial charge in [-0.3, -0.25) is 4.98 Å². The number of nitrogens with zero attached hydrogens (tertiary/aromatic N) is 3. The maximum absolute atomic E-state index is 5.57. The Hall–Kier alpha value is -2.27. The summed E-state index contributed by atoms with van der Waals surface area (Å²) in [6.07, 6.45) is 3.46. The lowest BCUT2D eigenvalue weighted by Gasteiger charge is -1.98. The zero-order valence-electron chi connectivity index (χ0n) is 9.09. The zero-order chi connectivity index (χ0) is 11.7. The fraction of sp³-hybridized carbons (Fsp3) is 0.0833. The Morgan fingerprint density at radius 2 is 2.12 bits per heavy atom. The van der Waals surface area contributed by atoms with Crippen molar-refractivity contribution < 1.29 is 0 Å². The fourth-order valence-electron chi connectivity index (χ4n) is 1.72. The van der Waals surface area contributed by atoms with Gasteiger partial charge in [-0.05, 0) is 24.3 Å². The highest BCUT2D eigenvalue weighted by Crippen LogP contribution is 2.18. The Balaban J connectivity index is 2.13. The monoisotopic (exact) mass is 225 g/mol. The first kappa shape index (κ1) is 9.92. The second-order valence-electron chi connectivity index (χ2n) is 3.70. The lowest BCUT2D eigenvalue weighted by Crippen LogP contribution is -1.99. The molecule has 0 radical (unpaired) electrons. The summed E-state index contributed by atoms with van der Waals surface area (Å²) in [4.78, 5) is 16.0. The van der Waals surface area contributed by atoms with E-state index in [9.17, 15) is 0 Å². The molecule has 0 aliphatic rings. The molecule has 0 amide bonds. The van der Waals surface area contributed by atoms with Crippen LogP contribution in [0.15, 0.2) is 36.7 Å². The number of nitrogens with one attached hydrogen (secondary N) is 1. The minimum Gasteiger partial charge on any atom is -0.337 e. The first-order chi connectivity index (χ1) is 8.36. The van der Waals surface area contributed by atoms with Crippen molar-refractivity contribution in [3.05, 3.63) is 42.4 Å². The molecule has 3 heterocycles. The van der Waals surface area contributed by atoms with E-state index in [0.717, 1.165) is 22.6 Å². The zero-order valence-corrected chi connectivity index (χ0v) is 9.09. The second kappa shape index (κ2) is 3.95. The Kier molecular flexibility index (Phi) is 2.31. The van der Waals surface area contributed by atoms with Gasteiger partial charge in [-0.25, -0.2) is 9.97 Å². The first-order valence-corrected chi connectivity index (χ1v) is 5.33. The second-order valence-corrected chi connectivity index (χ2v) is 3.70. The maximum Gasteiger partial charge on any atom is 0.178 e. The summed E-state index contributed by atoms with van der Waals surface area (Å²) < 4.78 is 0. The molecule has 0 spiro atoms. The summed E-state index contributed by atoms with van der Waals surface area (Å²) >= 11 is 0. The molecule has 5 heteroatoms. The molecule has 5 nitrogen and oxygen atoms in total. The fourth-order valence-corrected chi connectivity index (χ4v) is 1.72. The van der Waals surface area contributed by atoms with Crippen molar-refractivity contribution in [3.63, 3.8) is 0 Å². The van der Waals surface area contributed by atoms with Gasteiger partial charge in [0, 0.05) is 24.5 Å². The van der Waals surface area contributed by atoms with Crippen molar-refractivity contribution in [2.75, 3.05) is 0 Å². The van der Waals surface area contributed by atoms with Gasteiger partial charge < -0.3 is 10.7 Å². The number of aromatic nitrogens is 4. The number of nitrogens with two attached hydrogens (primary N) is 1. The number of H-pyrrole nitrogens is 1. The number of pyridine rings is 2. The first-order valence-electron chi connectivity index (χ1n) is 5.33. The average Bonchev–Trinajstić information content (AvgIpc) is 2.82. The predicted octanol–water partition coefficient (Wildman–Crippen LogP) is 1.48. The van der Waals surface area contributed by atoms with E-state index in [1.54, 1.807) is 12.4 Å². The Bertz CT molecular complexity index is 626. The average molecular weight is 225 g/mol. The summed E-state index contributed by atoms with van der Waals surface area (Å²) in [5.74, 6) is 0.788. The van der Waals surface area contributed by atoms with E-state index in [1.807, 2.05) is 24.3 Å². The molecule has 0 aromatic carbocycles. The van der Waals surface area contributed by atoms with Crippen LogP contribution < -0.4 is 5.73 Å². The molecule has 0 saturated heterocycles. The largest absolute Gasteiger partial charge is 0.337 e. The Morgan fingerprint density at radius 1 is 1.18 bits per heavy atom. The van der Waals surface area contributed by atoms with E-state index in [-0.39, 0.29) is 0 Å². The molecule has 0 aliphatic carbocycles. The van der Waals surface area contributed by atoms with Gasteiger partial charge in [0.05, 0.1) is 11.2 Å². The molecule has 0 unspecified atom stereocenters. The Morgan fingerprint density at radius 3 is 2.94 bits per heavy atom. The van der Waals surface area contributed by atoms with Crippen molar-refractivity contribution in [1.29, 1.82) is 0 Å². The lowest BCUT2D eigenvalue weighted by molar-refractivity contribution is 0.990. The van der Waals surface area contributed by atoms with Crippen LogP contribution in [0.5, 0.6) is 0 Å². The minimum absolute atomic E-state index is 0.423. The molecular weight excluding hydrogens is 214 g/mol. The molecule has 3 aromatic heterocycles. The molecule has 0 saturated carbocycles. The van der Waals surface area contributed by atoms with Crippen LogP contribution in [0, 0.1) is 0 Å². The lowest BCUT2D eigenvalue weighted by atomic mass is 10.2. The van der Waals surface area contributed by atoms with Crippen LogP contribution >= 0.6 is 0 Å². The van der Waals surface area contributed by atoms with Crippen LogP contribution in [0.1, 0.15) is 5.69 Å². The van der Waals surface area contributed by atoms with Crippen molar-refractivity contribution in [1.82, 2.24) is 19.9 Å². The molecule has 3 rings (SSSR count). The van der Waals surface area contributed by atoms with E-state index < -0.39 is 0 Å². The molecule has 17 heavy (non-hydrogen) atoms. The normalized spacial score (nSPS) is 10.9. The summed E-state index contributed by atoms with van der Waals surface area (Å²) in [5, 5.41) is 0. The van der Waals surface area contributed by atoms with E-state index in [2.05, 4.69) is 19.9 Å². The Labute approximate surface area is 97.7 Å². The summed E-state index contributed by atoms with van der Waals surface area (Å²) in [7, 11) is 0. The van der Waals surface area contributed by atoms with Crippen molar-refractivity contribution >= 4 is 11.2 Å². The highest BCUT2D eigenvalue weighted by Gasteiger charge is 2.06. The quantitative estimate of drug-likeness (QED) is 0.692. The van der Waals surface area contributed by atoms with Gasteiger partial charge in [0.2, 0.25) is 0 Å². The van der Waals surface area contributed by atoms with E-state index in [0.29, 0.717) is 12.2 Å². The van der Waals surface area contributed by atoms with Gasteiger partial charge in [-0.15, -0.1) is 0 Å². The van der Waals surface area contributed by atoms with Gasteiger partial charge in [-0.1, -0.05) is 0 Å². The topological polar surface area (TPSA) is 80.5 Å². The molecule has 0 aliphatic heterocycles. The molecule has 84 valence electrons. The molecule has 0 atom stereocenters. The van der Waals surface area contributed by atoms with Crippen molar-refractivity contribution in [2.24, 2.45) is 5.73 Å². The molecule has 3 N–H and O–H groups in total. The van der Waals surface area contributed by atoms with Gasteiger partial charge in [0.15, 0.2) is 5.65 Å². The van der Waals surface area contributed by atoms with Gasteiger partial charge in [-0.2, -0.15) is 0 Å². The van der Waals surface area contributed by atoms with Gasteiger partial charge in [0.1, 0.15) is 5.82 Å². The van der Waals surface area contributed by atoms with Crippen LogP contribution in [0.2, 0.25) is 0 Å². The number of imidazole rings is 1. The van der Waals surface area contributed by atoms with E-state index in [1.165, 1.54) is 0 Å². The highest BCUT2D eigenvalue weighted by atomic mass is 15.0. The standard InChI is InChI=1S/C12H11N5/c13-7-9-6-8(3-5-14-9)11-16-10-2-1-4-15-12(10)17-11/h1-6H,7,13H2,(H,15,16,17). The van der Waals surface area contributed by atoms with Crippen molar-refractivity contribution in [3.8, 4) is 11.4 Å². The highest BCUT2D eigenvalue weighted by molar-refractivity contribution is 5.75. The number of fused-ring (bicyclic) bond motifs is 1. The molecule has 0 bridgehead atoms. The summed E-state index contributed by atoms with van der Waals surface area (Å²) in [6.45, 7) is 0.423. The SMILES string of the molecule is NCc1cc(-c2nc3ncccc3[nH]2)ccn1. The number of hydrogen-bond acceptors (Lipinski definition) is 4. The number of rotatable bonds is 2. The smallest absolute Gasteiger partial charge is 0.178 e. The van der Waals surface area contributed by atoms with E-state index >= 15 is 0 Å². The van der Waals surface area contributed by atoms with Crippen LogP contribution in [-0.2, 0) is 6.54 Å². The van der Waals surface area contributed by atoms with Crippen molar-refractivity contribution in [2.45, 2.75) is 6.54 Å². The summed E-state index contributed by atoms with van der Waals surface area (Å²) in [5.41, 5.74) is 9.02. The molecular formula is C12H11N5. The minimum atomic E-state index is 0.423. The van der Waals surface area contributed by atoms with E-state index in [4.69, 9.17) is 5.73 Å². The number of aromatic amines is 1. The van der Waals surface area contributed by atoms with Gasteiger partial charge >= 0.3 is 0 Å². The van der Waals surface area contributed by atoms with Crippen LogP contribution in [0.3, 0.4) is 0 Å². The molecule has 0 fully saturated rings. The maximum atomic E-state index is 5.57. The van der Waals surface area contributed by atoms with Gasteiger partial charge in [0.25, 0.3) is 0 Å². The van der Waals surface area contributed by atoms with Crippen LogP contribution in [0.25, 0.3) is 22.6 Å². The van der Waals surface area contributed by atoms with Crippen LogP contribution in [0.4, 0.5) is 0 Å². The summed E-state index contributed by atoms with van der Waals surface area (Å²) in [6, 6.07) is 7.65.